The Hall–Kier alpha value is -2.95. The van der Waals surface area contributed by atoms with Crippen LogP contribution in [0.25, 0.3) is 10.1 Å². The van der Waals surface area contributed by atoms with E-state index in [1.165, 1.54) is 30.3 Å². The summed E-state index contributed by atoms with van der Waals surface area (Å²) in [5.41, 5.74) is 0.457. The normalized spacial score (nSPS) is 10.3. The third-order valence-corrected chi connectivity index (χ3v) is 4.74. The zero-order chi connectivity index (χ0) is 18.7. The molecule has 3 aromatic rings. The van der Waals surface area contributed by atoms with Gasteiger partial charge in [0.2, 0.25) is 0 Å². The fraction of sp³-hybridized carbons (Fsp3) is 0.0556. The Bertz CT molecular complexity index is 1060. The number of anilines is 1. The molecule has 0 spiro atoms. The molecule has 0 radical (unpaired) electrons. The van der Waals surface area contributed by atoms with Gasteiger partial charge in [-0.1, -0.05) is 17.7 Å². The standard InChI is InChI=1S/C18H10ClFN2O3S/c19-11-5-4-10(8-21)14(6-11)22-17(23)9-25-18(24)16-7-12-13(20)2-1-3-15(12)26-16/h1-7H,9H2,(H,22,23). The molecule has 26 heavy (non-hydrogen) atoms. The van der Waals surface area contributed by atoms with Gasteiger partial charge in [0.25, 0.3) is 5.91 Å². The second-order valence-electron chi connectivity index (χ2n) is 5.19. The Kier molecular flexibility index (Phi) is 5.16. The molecule has 1 aromatic heterocycles. The number of thiophene rings is 1. The summed E-state index contributed by atoms with van der Waals surface area (Å²) in [6.07, 6.45) is 0. The van der Waals surface area contributed by atoms with Gasteiger partial charge in [-0.2, -0.15) is 5.26 Å². The molecule has 2 aromatic carbocycles. The van der Waals surface area contributed by atoms with E-state index in [0.717, 1.165) is 11.3 Å². The van der Waals surface area contributed by atoms with E-state index < -0.39 is 24.3 Å². The van der Waals surface area contributed by atoms with Crippen LogP contribution in [-0.2, 0) is 9.53 Å². The van der Waals surface area contributed by atoms with E-state index in [1.54, 1.807) is 12.1 Å². The van der Waals surface area contributed by atoms with Gasteiger partial charge in [0.05, 0.1) is 11.3 Å². The molecule has 0 atom stereocenters. The van der Waals surface area contributed by atoms with Gasteiger partial charge in [0, 0.05) is 15.1 Å². The molecular formula is C18H10ClFN2O3S. The zero-order valence-corrected chi connectivity index (χ0v) is 14.7. The fourth-order valence-electron chi connectivity index (χ4n) is 2.23. The lowest BCUT2D eigenvalue weighted by Gasteiger charge is -2.07. The number of hydrogen-bond donors (Lipinski definition) is 1. The molecule has 0 saturated heterocycles. The maximum absolute atomic E-state index is 13.7. The third-order valence-electron chi connectivity index (χ3n) is 3.42. The average Bonchev–Trinajstić information content (AvgIpc) is 3.06. The summed E-state index contributed by atoms with van der Waals surface area (Å²) in [5.74, 6) is -1.78. The highest BCUT2D eigenvalue weighted by molar-refractivity contribution is 7.20. The van der Waals surface area contributed by atoms with Crippen LogP contribution in [0.5, 0.6) is 0 Å². The lowest BCUT2D eigenvalue weighted by atomic mass is 10.2. The SMILES string of the molecule is N#Cc1ccc(Cl)cc1NC(=O)COC(=O)c1cc2c(F)cccc2s1. The average molecular weight is 389 g/mol. The second kappa shape index (κ2) is 7.52. The topological polar surface area (TPSA) is 79.2 Å². The van der Waals surface area contributed by atoms with Crippen LogP contribution in [0.15, 0.2) is 42.5 Å². The highest BCUT2D eigenvalue weighted by atomic mass is 35.5. The first-order chi connectivity index (χ1) is 12.5. The predicted molar refractivity (Wildman–Crippen MR) is 96.9 cm³/mol. The first kappa shape index (κ1) is 17.9. The number of hydrogen-bond acceptors (Lipinski definition) is 5. The minimum atomic E-state index is -0.729. The van der Waals surface area contributed by atoms with E-state index in [-0.39, 0.29) is 16.1 Å². The van der Waals surface area contributed by atoms with Gasteiger partial charge in [-0.15, -0.1) is 11.3 Å². The molecule has 0 unspecified atom stereocenters. The number of nitrogens with zero attached hydrogens (tertiary/aromatic N) is 1. The van der Waals surface area contributed by atoms with E-state index in [9.17, 15) is 14.0 Å². The number of nitrogens with one attached hydrogen (secondary N) is 1. The van der Waals surface area contributed by atoms with Crippen molar-refractivity contribution in [2.45, 2.75) is 0 Å². The van der Waals surface area contributed by atoms with Gasteiger partial charge in [-0.3, -0.25) is 4.79 Å². The van der Waals surface area contributed by atoms with Crippen LogP contribution in [0.1, 0.15) is 15.2 Å². The number of carbonyl (C=O) groups excluding carboxylic acids is 2. The van der Waals surface area contributed by atoms with Gasteiger partial charge in [0.15, 0.2) is 6.61 Å². The van der Waals surface area contributed by atoms with E-state index in [0.29, 0.717) is 15.1 Å². The molecule has 130 valence electrons. The molecular weight excluding hydrogens is 379 g/mol. The van der Waals surface area contributed by atoms with Crippen molar-refractivity contribution in [2.75, 3.05) is 11.9 Å². The van der Waals surface area contributed by atoms with Crippen molar-refractivity contribution >= 4 is 50.6 Å². The van der Waals surface area contributed by atoms with Crippen LogP contribution >= 0.6 is 22.9 Å². The third kappa shape index (κ3) is 3.82. The molecule has 0 aliphatic rings. The summed E-state index contributed by atoms with van der Waals surface area (Å²) < 4.78 is 19.2. The lowest BCUT2D eigenvalue weighted by Crippen LogP contribution is -2.21. The lowest BCUT2D eigenvalue weighted by molar-refractivity contribution is -0.119. The second-order valence-corrected chi connectivity index (χ2v) is 6.71. The molecule has 0 bridgehead atoms. The molecule has 3 rings (SSSR count). The van der Waals surface area contributed by atoms with Gasteiger partial charge < -0.3 is 10.1 Å². The quantitative estimate of drug-likeness (QED) is 0.673. The highest BCUT2D eigenvalue weighted by Crippen LogP contribution is 2.28. The maximum Gasteiger partial charge on any atom is 0.348 e. The zero-order valence-electron chi connectivity index (χ0n) is 13.1. The molecule has 1 heterocycles. The van der Waals surface area contributed by atoms with E-state index in [1.807, 2.05) is 6.07 Å². The van der Waals surface area contributed by atoms with Crippen LogP contribution in [0.2, 0.25) is 5.02 Å². The van der Waals surface area contributed by atoms with Crippen molar-refractivity contribution in [3.8, 4) is 6.07 Å². The van der Waals surface area contributed by atoms with Gasteiger partial charge >= 0.3 is 5.97 Å². The first-order valence-electron chi connectivity index (χ1n) is 7.32. The number of halogens is 2. The van der Waals surface area contributed by atoms with Crippen LogP contribution in [0, 0.1) is 17.1 Å². The number of rotatable bonds is 4. The Morgan fingerprint density at radius 2 is 2.08 bits per heavy atom. The molecule has 0 saturated carbocycles. The first-order valence-corrected chi connectivity index (χ1v) is 8.52. The summed E-state index contributed by atoms with van der Waals surface area (Å²) in [5, 5.41) is 12.2. The molecule has 0 aliphatic carbocycles. The van der Waals surface area contributed by atoms with E-state index in [2.05, 4.69) is 5.32 Å². The number of nitriles is 1. The molecule has 1 N–H and O–H groups in total. The van der Waals surface area contributed by atoms with E-state index in [4.69, 9.17) is 21.6 Å². The van der Waals surface area contributed by atoms with Gasteiger partial charge in [0.1, 0.15) is 16.8 Å². The van der Waals surface area contributed by atoms with E-state index >= 15 is 0 Å². The number of esters is 1. The Morgan fingerprint density at radius 1 is 1.27 bits per heavy atom. The van der Waals surface area contributed by atoms with Crippen molar-refractivity contribution < 1.29 is 18.7 Å². The minimum Gasteiger partial charge on any atom is -0.451 e. The predicted octanol–water partition coefficient (Wildman–Crippen LogP) is 4.36. The number of benzene rings is 2. The summed E-state index contributed by atoms with van der Waals surface area (Å²) in [6, 6.07) is 12.3. The molecule has 0 fully saturated rings. The minimum absolute atomic E-state index is 0.193. The van der Waals surface area contributed by atoms with Crippen LogP contribution in [-0.4, -0.2) is 18.5 Å². The monoisotopic (exact) mass is 388 g/mol. The Morgan fingerprint density at radius 3 is 2.81 bits per heavy atom. The smallest absolute Gasteiger partial charge is 0.348 e. The summed E-state index contributed by atoms with van der Waals surface area (Å²) in [7, 11) is 0. The number of carbonyl (C=O) groups is 2. The highest BCUT2D eigenvalue weighted by Gasteiger charge is 2.16. The summed E-state index contributed by atoms with van der Waals surface area (Å²) >= 11 is 6.92. The van der Waals surface area contributed by atoms with Crippen molar-refractivity contribution in [2.24, 2.45) is 0 Å². The van der Waals surface area contributed by atoms with Gasteiger partial charge in [-0.05, 0) is 36.4 Å². The summed E-state index contributed by atoms with van der Waals surface area (Å²) in [4.78, 5) is 24.2. The largest absolute Gasteiger partial charge is 0.451 e. The number of ether oxygens (including phenoxy) is 1. The molecule has 0 aliphatic heterocycles. The van der Waals surface area contributed by atoms with Crippen molar-refractivity contribution in [3.63, 3.8) is 0 Å². The maximum atomic E-state index is 13.7. The summed E-state index contributed by atoms with van der Waals surface area (Å²) in [6.45, 7) is -0.549. The van der Waals surface area contributed by atoms with Crippen molar-refractivity contribution in [1.82, 2.24) is 0 Å². The van der Waals surface area contributed by atoms with Crippen molar-refractivity contribution in [1.29, 1.82) is 5.26 Å². The number of fused-ring (bicyclic) bond motifs is 1. The van der Waals surface area contributed by atoms with Gasteiger partial charge in [-0.25, -0.2) is 9.18 Å². The van der Waals surface area contributed by atoms with Crippen LogP contribution in [0.4, 0.5) is 10.1 Å². The Labute approximate surface area is 156 Å². The van der Waals surface area contributed by atoms with Crippen LogP contribution in [0.3, 0.4) is 0 Å². The molecule has 8 heteroatoms. The number of amides is 1. The van der Waals surface area contributed by atoms with Crippen LogP contribution < -0.4 is 5.32 Å². The Balaban J connectivity index is 1.65. The molecule has 1 amide bonds. The fourth-order valence-corrected chi connectivity index (χ4v) is 3.37. The van der Waals surface area contributed by atoms with Crippen molar-refractivity contribution in [3.05, 3.63) is 63.7 Å². The molecule has 5 nitrogen and oxygen atoms in total.